The molecular weight excluding hydrogens is 528 g/mol. The first kappa shape index (κ1) is 33.8. The maximum absolute atomic E-state index is 14.2. The molecule has 2 aliphatic rings. The van der Waals surface area contributed by atoms with E-state index in [1.54, 1.807) is 6.21 Å². The summed E-state index contributed by atoms with van der Waals surface area (Å²) in [6.45, 7) is 16.0. The van der Waals surface area contributed by atoms with Crippen molar-refractivity contribution in [3.8, 4) is 11.8 Å². The Bertz CT molecular complexity index is 1360. The van der Waals surface area contributed by atoms with Crippen molar-refractivity contribution in [2.24, 2.45) is 28.5 Å². The fraction of sp³-hybridized carbons (Fsp3) is 0.462. The summed E-state index contributed by atoms with van der Waals surface area (Å²) in [5.74, 6) is 8.91. The van der Waals surface area contributed by atoms with Crippen molar-refractivity contribution < 1.29 is 9.59 Å². The molecule has 1 saturated carbocycles. The molecule has 0 radical (unpaired) electrons. The number of nitrogens with two attached hydrogens (primary N) is 1. The topological polar surface area (TPSA) is 72.5 Å². The minimum Gasteiger partial charge on any atom is -0.383 e. The van der Waals surface area contributed by atoms with Crippen LogP contribution in [-0.2, 0) is 9.59 Å². The van der Waals surface area contributed by atoms with Gasteiger partial charge in [0.15, 0.2) is 11.6 Å². The third kappa shape index (κ3) is 10.8. The predicted octanol–water partition coefficient (Wildman–Crippen LogP) is 8.97. The number of hydrogen-bond donors (Lipinski definition) is 1. The summed E-state index contributed by atoms with van der Waals surface area (Å²) in [6, 6.07) is 10.4. The molecule has 0 bridgehead atoms. The zero-order chi connectivity index (χ0) is 31.4. The second-order valence-corrected chi connectivity index (χ2v) is 12.4. The van der Waals surface area contributed by atoms with E-state index in [-0.39, 0.29) is 11.6 Å². The number of benzene rings is 1. The summed E-state index contributed by atoms with van der Waals surface area (Å²) in [6.07, 6.45) is 13.6. The van der Waals surface area contributed by atoms with Gasteiger partial charge in [-0.25, -0.2) is 4.99 Å². The molecule has 4 heteroatoms. The fourth-order valence-electron chi connectivity index (χ4n) is 6.05. The quantitative estimate of drug-likeness (QED) is 0.0742. The van der Waals surface area contributed by atoms with Crippen molar-refractivity contribution in [3.63, 3.8) is 0 Å². The van der Waals surface area contributed by atoms with Crippen molar-refractivity contribution in [2.45, 2.75) is 97.8 Å². The van der Waals surface area contributed by atoms with E-state index < -0.39 is 0 Å². The van der Waals surface area contributed by atoms with E-state index in [0.717, 1.165) is 50.5 Å². The second-order valence-electron chi connectivity index (χ2n) is 12.4. The first-order valence-corrected chi connectivity index (χ1v) is 15.9. The maximum atomic E-state index is 14.2. The Balaban J connectivity index is 1.93. The van der Waals surface area contributed by atoms with Crippen LogP contribution in [0.2, 0.25) is 0 Å². The van der Waals surface area contributed by atoms with Crippen LogP contribution in [0.1, 0.15) is 103 Å². The molecule has 3 atom stereocenters. The van der Waals surface area contributed by atoms with E-state index in [2.05, 4.69) is 74.2 Å². The van der Waals surface area contributed by atoms with Gasteiger partial charge in [0.1, 0.15) is 5.82 Å². The average molecular weight is 579 g/mol. The molecule has 0 amide bonds. The molecule has 2 aliphatic carbocycles. The molecule has 228 valence electrons. The highest BCUT2D eigenvalue weighted by molar-refractivity contribution is 6.02. The third-order valence-electron chi connectivity index (χ3n) is 8.40. The minimum absolute atomic E-state index is 0.0572. The lowest BCUT2D eigenvalue weighted by Gasteiger charge is -2.27. The van der Waals surface area contributed by atoms with E-state index in [1.807, 2.05) is 19.9 Å². The molecule has 2 N–H and O–H groups in total. The van der Waals surface area contributed by atoms with E-state index in [1.165, 1.54) is 17.2 Å². The van der Waals surface area contributed by atoms with Crippen LogP contribution in [0.3, 0.4) is 0 Å². The Labute approximate surface area is 260 Å². The first-order chi connectivity index (χ1) is 20.6. The first-order valence-electron chi connectivity index (χ1n) is 15.9. The van der Waals surface area contributed by atoms with Gasteiger partial charge in [0.25, 0.3) is 0 Å². The fourth-order valence-corrected chi connectivity index (χ4v) is 6.05. The molecule has 0 aromatic heterocycles. The number of allylic oxidation sites excluding steroid dienone is 7. The second kappa shape index (κ2) is 16.8. The zero-order valence-electron chi connectivity index (χ0n) is 26.8. The van der Waals surface area contributed by atoms with E-state index in [0.29, 0.717) is 65.5 Å². The Kier molecular flexibility index (Phi) is 13.2. The lowest BCUT2D eigenvalue weighted by atomic mass is 9.78. The third-order valence-corrected chi connectivity index (χ3v) is 8.40. The van der Waals surface area contributed by atoms with Gasteiger partial charge in [-0.2, -0.15) is 0 Å². The molecule has 1 fully saturated rings. The molecule has 43 heavy (non-hydrogen) atoms. The van der Waals surface area contributed by atoms with Gasteiger partial charge >= 0.3 is 0 Å². The molecule has 0 unspecified atom stereocenters. The van der Waals surface area contributed by atoms with E-state index in [9.17, 15) is 9.59 Å². The van der Waals surface area contributed by atoms with Crippen molar-refractivity contribution >= 4 is 17.8 Å². The Hall–Kier alpha value is -3.71. The van der Waals surface area contributed by atoms with Crippen LogP contribution in [0.25, 0.3) is 0 Å². The molecule has 0 saturated heterocycles. The van der Waals surface area contributed by atoms with Gasteiger partial charge < -0.3 is 5.73 Å². The summed E-state index contributed by atoms with van der Waals surface area (Å²) < 4.78 is 0. The van der Waals surface area contributed by atoms with Crippen LogP contribution in [0.15, 0.2) is 94.3 Å². The monoisotopic (exact) mass is 578 g/mol. The van der Waals surface area contributed by atoms with Crippen LogP contribution in [0.5, 0.6) is 0 Å². The number of ketones is 2. The lowest BCUT2D eigenvalue weighted by molar-refractivity contribution is -0.115. The Morgan fingerprint density at radius 2 is 1.88 bits per heavy atom. The molecule has 0 heterocycles. The smallest absolute Gasteiger partial charge is 0.164 e. The number of nitrogens with zero attached hydrogens (tertiary/aromatic N) is 1. The number of hydrogen-bond acceptors (Lipinski definition) is 4. The van der Waals surface area contributed by atoms with Crippen LogP contribution in [0, 0.1) is 29.6 Å². The van der Waals surface area contributed by atoms with Crippen molar-refractivity contribution in [3.05, 3.63) is 94.9 Å². The predicted molar refractivity (Wildman–Crippen MR) is 180 cm³/mol. The standard InChI is InChI=1S/C39H50N2O2/c1-7-35(42)26-32-24-28(5)23-31(25-32)20-22-34(21-19-30-17-18-30)38(37(27(3)4)39(40)41-8-2)36(43)16-12-13-29(6)33-14-10-9-11-15-33/h7-11,14-15,24,28-31H,1,3,12-13,16-18,20,22-23,25-26,40H2,2,4-6H3/b38-34-,39-37+,41-8?/t28-,29-,31+/m0/s1. The van der Waals surface area contributed by atoms with Gasteiger partial charge in [0, 0.05) is 41.7 Å². The summed E-state index contributed by atoms with van der Waals surface area (Å²) in [4.78, 5) is 30.6. The number of carbonyl (C=O) groups is 2. The highest BCUT2D eigenvalue weighted by Gasteiger charge is 2.26. The van der Waals surface area contributed by atoms with E-state index in [4.69, 9.17) is 5.73 Å². The van der Waals surface area contributed by atoms with Gasteiger partial charge in [-0.05, 0) is 100 Å². The van der Waals surface area contributed by atoms with Gasteiger partial charge in [-0.3, -0.25) is 9.59 Å². The summed E-state index contributed by atoms with van der Waals surface area (Å²) >= 11 is 0. The SMILES string of the molecule is C=CC(=O)CC1=C[C@@H](C)C[C@@H](CC/C(C#CC2CC2)=C(C(=O)CCC[C@H](C)c2ccccc2)\C(C(=C)C)=C(/N)N=CC)C1. The highest BCUT2D eigenvalue weighted by Crippen LogP contribution is 2.36. The number of Topliss-reactive ketones (excluding diaryl/α,β-unsaturated/α-hetero) is 1. The molecule has 1 aromatic carbocycles. The zero-order valence-corrected chi connectivity index (χ0v) is 26.8. The van der Waals surface area contributed by atoms with Gasteiger partial charge in [-0.15, -0.1) is 0 Å². The van der Waals surface area contributed by atoms with Crippen molar-refractivity contribution in [1.29, 1.82) is 0 Å². The number of carbonyl (C=O) groups excluding carboxylic acids is 2. The largest absolute Gasteiger partial charge is 0.383 e. The van der Waals surface area contributed by atoms with Gasteiger partial charge in [0.05, 0.1) is 0 Å². The molecule has 0 aliphatic heterocycles. The maximum Gasteiger partial charge on any atom is 0.164 e. The van der Waals surface area contributed by atoms with Crippen LogP contribution in [0.4, 0.5) is 0 Å². The van der Waals surface area contributed by atoms with Crippen LogP contribution in [-0.4, -0.2) is 17.8 Å². The summed E-state index contributed by atoms with van der Waals surface area (Å²) in [5.41, 5.74) is 11.8. The normalized spacial score (nSPS) is 20.2. The highest BCUT2D eigenvalue weighted by atomic mass is 16.1. The number of rotatable bonds is 15. The van der Waals surface area contributed by atoms with Gasteiger partial charge in [0.2, 0.25) is 0 Å². The Morgan fingerprint density at radius 1 is 1.16 bits per heavy atom. The summed E-state index contributed by atoms with van der Waals surface area (Å²) in [5, 5.41) is 0. The number of aliphatic imine (C=N–C) groups is 1. The minimum atomic E-state index is 0.0572. The van der Waals surface area contributed by atoms with Gasteiger partial charge in [-0.1, -0.05) is 80.8 Å². The molecule has 4 nitrogen and oxygen atoms in total. The Morgan fingerprint density at radius 3 is 2.51 bits per heavy atom. The van der Waals surface area contributed by atoms with E-state index >= 15 is 0 Å². The molecular formula is C39H50N2O2. The molecule has 1 aromatic rings. The molecule has 0 spiro atoms. The van der Waals surface area contributed by atoms with Crippen LogP contribution >= 0.6 is 0 Å². The van der Waals surface area contributed by atoms with Crippen molar-refractivity contribution in [2.75, 3.05) is 0 Å². The summed E-state index contributed by atoms with van der Waals surface area (Å²) in [7, 11) is 0. The van der Waals surface area contributed by atoms with Crippen molar-refractivity contribution in [1.82, 2.24) is 0 Å². The lowest BCUT2D eigenvalue weighted by Crippen LogP contribution is -2.16. The van der Waals surface area contributed by atoms with Crippen LogP contribution < -0.4 is 5.73 Å². The average Bonchev–Trinajstić information content (AvgIpc) is 3.80. The molecule has 3 rings (SSSR count).